The molecule has 1 aromatic heterocycles. The number of hydrogen-bond acceptors (Lipinski definition) is 4. The molecule has 0 aliphatic heterocycles. The van der Waals surface area contributed by atoms with Gasteiger partial charge in [-0.15, -0.1) is 0 Å². The Bertz CT molecular complexity index is 958. The first-order valence-electron chi connectivity index (χ1n) is 16.2. The molecule has 1 heterocycles. The first kappa shape index (κ1) is 45.3. The molecule has 0 saturated carbocycles. The number of rotatable bonds is 12. The number of aldehydes is 1. The predicted molar refractivity (Wildman–Crippen MR) is 181 cm³/mol. The summed E-state index contributed by atoms with van der Waals surface area (Å²) >= 11 is 5.96. The zero-order valence-corrected chi connectivity index (χ0v) is 29.8. The van der Waals surface area contributed by atoms with Crippen molar-refractivity contribution in [1.82, 2.24) is 9.97 Å². The third-order valence-corrected chi connectivity index (χ3v) is 6.73. The van der Waals surface area contributed by atoms with Gasteiger partial charge in [-0.2, -0.15) is 0 Å². The molecule has 0 amide bonds. The number of benzene rings is 1. The number of anilines is 1. The summed E-state index contributed by atoms with van der Waals surface area (Å²) in [5.74, 6) is 2.36. The second kappa shape index (κ2) is 28.6. The number of aryl methyl sites for hydroxylation is 1. The van der Waals surface area contributed by atoms with Gasteiger partial charge >= 0.3 is 0 Å². The minimum Gasteiger partial charge on any atom is -0.366 e. The largest absolute Gasteiger partial charge is 0.366 e. The number of nitrogens with one attached hydrogen (secondary N) is 1. The van der Waals surface area contributed by atoms with Crippen molar-refractivity contribution in [3.63, 3.8) is 0 Å². The van der Waals surface area contributed by atoms with Gasteiger partial charge in [-0.25, -0.2) is 23.1 Å². The summed E-state index contributed by atoms with van der Waals surface area (Å²) in [7, 11) is 0. The lowest BCUT2D eigenvalue weighted by Crippen LogP contribution is -2.11. The van der Waals surface area contributed by atoms with Crippen molar-refractivity contribution >= 4 is 23.7 Å². The van der Waals surface area contributed by atoms with Gasteiger partial charge in [0.2, 0.25) is 5.28 Å². The third-order valence-electron chi connectivity index (χ3n) is 6.57. The lowest BCUT2D eigenvalue weighted by Gasteiger charge is -2.22. The van der Waals surface area contributed by atoms with E-state index >= 15 is 0 Å². The Morgan fingerprint density at radius 2 is 1.53 bits per heavy atom. The first-order valence-corrected chi connectivity index (χ1v) is 16.5. The van der Waals surface area contributed by atoms with Crippen molar-refractivity contribution < 1.29 is 18.0 Å². The molecule has 0 bridgehead atoms. The molecule has 0 radical (unpaired) electrons. The summed E-state index contributed by atoms with van der Waals surface area (Å²) in [6.07, 6.45) is 5.62. The number of alkyl halides is 2. The number of halogens is 4. The third kappa shape index (κ3) is 19.7. The van der Waals surface area contributed by atoms with Crippen molar-refractivity contribution in [2.45, 2.75) is 141 Å². The monoisotopic (exact) mass is 631 g/mol. The van der Waals surface area contributed by atoms with Crippen molar-refractivity contribution in [3.05, 3.63) is 51.7 Å². The molecule has 0 fully saturated rings. The maximum Gasteiger partial charge on any atom is 0.266 e. The number of hydrogen-bond donors (Lipinski definition) is 1. The van der Waals surface area contributed by atoms with Crippen molar-refractivity contribution in [2.75, 3.05) is 5.32 Å². The van der Waals surface area contributed by atoms with Gasteiger partial charge in [0.05, 0.1) is 11.3 Å². The van der Waals surface area contributed by atoms with Crippen LogP contribution in [0.1, 0.15) is 144 Å². The van der Waals surface area contributed by atoms with Crippen LogP contribution in [0.3, 0.4) is 0 Å². The highest BCUT2D eigenvalue weighted by Crippen LogP contribution is 2.26. The molecule has 4 nitrogen and oxygen atoms in total. The zero-order chi connectivity index (χ0) is 34.0. The van der Waals surface area contributed by atoms with E-state index in [2.05, 4.69) is 63.8 Å². The standard InChI is InChI=1S/C17H19ClF3N3.C11H24.C3H8.C2H4O.C2H6/c1-3-6-13-11(4-2)16(24-17(18)23-13)22-9-10-7-5-8-12(14(10)19)15(20)21;1-6-10(5)8-11(7-2)9(3)4;1-3-2;1-2-3;1-2/h5,7-8,15H,3-4,6,9H2,1-2H3,(H,22,23,24);9-11H,6-8H2,1-5H3;3H2,1-2H3;2H,1H3;1-2H3. The van der Waals surface area contributed by atoms with Crippen LogP contribution < -0.4 is 5.32 Å². The maximum absolute atomic E-state index is 14.1. The average Bonchev–Trinajstić information content (AvgIpc) is 2.97. The molecule has 0 spiro atoms. The van der Waals surface area contributed by atoms with Crippen molar-refractivity contribution in [1.29, 1.82) is 0 Å². The van der Waals surface area contributed by atoms with E-state index in [1.54, 1.807) is 0 Å². The number of nitrogens with zero attached hydrogens (tertiary/aromatic N) is 2. The summed E-state index contributed by atoms with van der Waals surface area (Å²) in [5.41, 5.74) is 1.31. The van der Waals surface area contributed by atoms with E-state index in [1.807, 2.05) is 27.7 Å². The number of carbonyl (C=O) groups is 1. The lowest BCUT2D eigenvalue weighted by atomic mass is 9.84. The lowest BCUT2D eigenvalue weighted by molar-refractivity contribution is -0.106. The van der Waals surface area contributed by atoms with E-state index < -0.39 is 17.8 Å². The van der Waals surface area contributed by atoms with E-state index in [0.717, 1.165) is 54.2 Å². The summed E-state index contributed by atoms with van der Waals surface area (Å²) in [6.45, 7) is 25.4. The van der Waals surface area contributed by atoms with E-state index in [1.165, 1.54) is 44.7 Å². The fourth-order valence-electron chi connectivity index (χ4n) is 4.14. The highest BCUT2D eigenvalue weighted by molar-refractivity contribution is 6.28. The van der Waals surface area contributed by atoms with E-state index in [-0.39, 0.29) is 17.4 Å². The van der Waals surface area contributed by atoms with Crippen LogP contribution in [0, 0.1) is 23.6 Å². The van der Waals surface area contributed by atoms with Gasteiger partial charge in [0.25, 0.3) is 6.43 Å². The normalized spacial score (nSPS) is 11.4. The van der Waals surface area contributed by atoms with E-state index in [9.17, 15) is 13.2 Å². The van der Waals surface area contributed by atoms with Gasteiger partial charge in [-0.1, -0.05) is 120 Å². The van der Waals surface area contributed by atoms with Crippen LogP contribution in [0.2, 0.25) is 5.28 Å². The van der Waals surface area contributed by atoms with Gasteiger partial charge in [0.1, 0.15) is 17.9 Å². The molecule has 250 valence electrons. The van der Waals surface area contributed by atoms with E-state index in [4.69, 9.17) is 16.4 Å². The van der Waals surface area contributed by atoms with Crippen LogP contribution in [0.4, 0.5) is 19.0 Å². The van der Waals surface area contributed by atoms with Crippen molar-refractivity contribution in [2.24, 2.45) is 17.8 Å². The van der Waals surface area contributed by atoms with Gasteiger partial charge in [0.15, 0.2) is 0 Å². The Kier molecular flexibility index (Phi) is 30.1. The molecule has 2 rings (SSSR count). The fraction of sp³-hybridized carbons (Fsp3) is 0.686. The van der Waals surface area contributed by atoms with Crippen molar-refractivity contribution in [3.8, 4) is 0 Å². The molecule has 2 aromatic rings. The summed E-state index contributed by atoms with van der Waals surface area (Å²) in [4.78, 5) is 17.2. The molecule has 2 atom stereocenters. The highest BCUT2D eigenvalue weighted by Gasteiger charge is 2.17. The van der Waals surface area contributed by atoms with Crippen LogP contribution in [-0.4, -0.2) is 16.3 Å². The fourth-order valence-corrected chi connectivity index (χ4v) is 4.33. The quantitative estimate of drug-likeness (QED) is 0.187. The minimum absolute atomic E-state index is 0.0400. The van der Waals surface area contributed by atoms with Crippen LogP contribution in [0.5, 0.6) is 0 Å². The first-order chi connectivity index (χ1) is 20.4. The second-order valence-corrected chi connectivity index (χ2v) is 10.8. The zero-order valence-electron chi connectivity index (χ0n) is 29.1. The summed E-state index contributed by atoms with van der Waals surface area (Å²) in [5, 5.41) is 3.12. The molecular formula is C35H61ClF3N3O. The van der Waals surface area contributed by atoms with Crippen LogP contribution in [0.15, 0.2) is 18.2 Å². The molecule has 0 saturated heterocycles. The summed E-state index contributed by atoms with van der Waals surface area (Å²) < 4.78 is 39.7. The average molecular weight is 632 g/mol. The molecule has 0 aliphatic rings. The molecule has 43 heavy (non-hydrogen) atoms. The van der Waals surface area contributed by atoms with Gasteiger partial charge < -0.3 is 10.1 Å². The van der Waals surface area contributed by atoms with Crippen LogP contribution in [0.25, 0.3) is 0 Å². The Labute approximate surface area is 267 Å². The predicted octanol–water partition coefficient (Wildman–Crippen LogP) is 12.1. The number of aromatic nitrogens is 2. The molecule has 8 heteroatoms. The molecule has 2 unspecified atom stereocenters. The minimum atomic E-state index is -2.85. The summed E-state index contributed by atoms with van der Waals surface area (Å²) in [6, 6.07) is 3.97. The van der Waals surface area contributed by atoms with Crippen LogP contribution >= 0.6 is 11.6 Å². The Balaban J connectivity index is -0.000000701. The Hall–Kier alpha value is -2.15. The van der Waals surface area contributed by atoms with Gasteiger partial charge in [-0.05, 0) is 55.5 Å². The molecule has 0 aliphatic carbocycles. The van der Waals surface area contributed by atoms with Crippen LogP contribution in [-0.2, 0) is 24.2 Å². The molecule has 1 aromatic carbocycles. The Morgan fingerprint density at radius 1 is 0.977 bits per heavy atom. The maximum atomic E-state index is 14.1. The second-order valence-electron chi connectivity index (χ2n) is 10.4. The van der Waals surface area contributed by atoms with Gasteiger partial charge in [0, 0.05) is 17.7 Å². The molecular weight excluding hydrogens is 571 g/mol. The topological polar surface area (TPSA) is 54.9 Å². The van der Waals surface area contributed by atoms with Gasteiger partial charge in [-0.3, -0.25) is 0 Å². The molecule has 1 N–H and O–H groups in total. The highest BCUT2D eigenvalue weighted by atomic mass is 35.5. The smallest absolute Gasteiger partial charge is 0.266 e. The number of carbonyl (C=O) groups excluding carboxylic acids is 1. The Morgan fingerprint density at radius 3 is 1.95 bits per heavy atom. The van der Waals surface area contributed by atoms with E-state index in [0.29, 0.717) is 12.2 Å². The SMILES string of the molecule is CC.CC=O.CCC.CCC(C)CC(CC)C(C)C.CCCc1nc(Cl)nc(NCc2cccc(C(F)F)c2F)c1CC.